The van der Waals surface area contributed by atoms with Gasteiger partial charge in [0.15, 0.2) is 0 Å². The van der Waals surface area contributed by atoms with E-state index in [-0.39, 0.29) is 0 Å². The molecule has 0 atom stereocenters. The smallest absolute Gasteiger partial charge is 0.145 e. The number of halogens is 1. The Hall–Kier alpha value is -2.05. The van der Waals surface area contributed by atoms with Gasteiger partial charge in [0, 0.05) is 18.2 Å². The van der Waals surface area contributed by atoms with Crippen LogP contribution >= 0.6 is 11.6 Å². The summed E-state index contributed by atoms with van der Waals surface area (Å²) in [5.74, 6) is 7.91. The highest BCUT2D eigenvalue weighted by molar-refractivity contribution is 6.32. The van der Waals surface area contributed by atoms with Gasteiger partial charge >= 0.3 is 0 Å². The van der Waals surface area contributed by atoms with Crippen molar-refractivity contribution in [1.29, 1.82) is 0 Å². The van der Waals surface area contributed by atoms with Crippen molar-refractivity contribution in [1.82, 2.24) is 9.97 Å². The van der Waals surface area contributed by atoms with Crippen LogP contribution in [0.15, 0.2) is 24.3 Å². The van der Waals surface area contributed by atoms with E-state index < -0.39 is 0 Å². The van der Waals surface area contributed by atoms with Gasteiger partial charge in [-0.1, -0.05) is 18.5 Å². The molecular formula is C13H16ClN5O. The first-order valence-electron chi connectivity index (χ1n) is 6.11. The van der Waals surface area contributed by atoms with E-state index in [1.807, 2.05) is 13.0 Å². The third kappa shape index (κ3) is 3.28. The second-order valence-corrected chi connectivity index (χ2v) is 4.43. The number of nitrogen functional groups attached to an aromatic ring is 1. The summed E-state index contributed by atoms with van der Waals surface area (Å²) in [6.45, 7) is 1.98. The first-order chi connectivity index (χ1) is 9.66. The van der Waals surface area contributed by atoms with E-state index in [9.17, 15) is 0 Å². The van der Waals surface area contributed by atoms with Crippen molar-refractivity contribution in [3.8, 4) is 5.75 Å². The van der Waals surface area contributed by atoms with Crippen LogP contribution in [0.4, 0.5) is 17.3 Å². The SMILES string of the molecule is CCc1nc(NN)cc(Nc2ccc(OC)c(Cl)c2)n1. The first-order valence-corrected chi connectivity index (χ1v) is 6.49. The highest BCUT2D eigenvalue weighted by atomic mass is 35.5. The van der Waals surface area contributed by atoms with Crippen LogP contribution in [0.25, 0.3) is 0 Å². The van der Waals surface area contributed by atoms with E-state index in [1.54, 1.807) is 25.3 Å². The van der Waals surface area contributed by atoms with E-state index in [0.29, 0.717) is 34.7 Å². The Morgan fingerprint density at radius 2 is 2.00 bits per heavy atom. The molecular weight excluding hydrogens is 278 g/mol. The number of hydrazine groups is 1. The molecule has 0 aliphatic heterocycles. The van der Waals surface area contributed by atoms with Gasteiger partial charge in [0.1, 0.15) is 23.2 Å². The van der Waals surface area contributed by atoms with Crippen molar-refractivity contribution in [3.05, 3.63) is 35.1 Å². The predicted octanol–water partition coefficient (Wildman–Crippen LogP) is 2.73. The monoisotopic (exact) mass is 293 g/mol. The number of anilines is 3. The van der Waals surface area contributed by atoms with Gasteiger partial charge in [-0.3, -0.25) is 0 Å². The minimum atomic E-state index is 0.527. The summed E-state index contributed by atoms with van der Waals surface area (Å²) in [4.78, 5) is 8.60. The molecule has 20 heavy (non-hydrogen) atoms. The Morgan fingerprint density at radius 3 is 2.60 bits per heavy atom. The number of nitrogens with zero attached hydrogens (tertiary/aromatic N) is 2. The third-order valence-electron chi connectivity index (χ3n) is 2.66. The van der Waals surface area contributed by atoms with Crippen LogP contribution in [0.1, 0.15) is 12.7 Å². The van der Waals surface area contributed by atoms with E-state index in [1.165, 1.54) is 0 Å². The Kier molecular flexibility index (Phi) is 4.60. The minimum absolute atomic E-state index is 0.527. The van der Waals surface area contributed by atoms with E-state index in [0.717, 1.165) is 5.69 Å². The number of hydrogen-bond acceptors (Lipinski definition) is 6. The largest absolute Gasteiger partial charge is 0.495 e. The zero-order valence-electron chi connectivity index (χ0n) is 11.3. The fourth-order valence-electron chi connectivity index (χ4n) is 1.69. The fraction of sp³-hybridized carbons (Fsp3) is 0.231. The molecule has 0 fully saturated rings. The number of methoxy groups -OCH3 is 1. The molecule has 0 bridgehead atoms. The molecule has 2 rings (SSSR count). The number of hydrogen-bond donors (Lipinski definition) is 3. The molecule has 0 saturated carbocycles. The van der Waals surface area contributed by atoms with Gasteiger partial charge in [-0.25, -0.2) is 15.8 Å². The Morgan fingerprint density at radius 1 is 1.25 bits per heavy atom. The summed E-state index contributed by atoms with van der Waals surface area (Å²) in [5, 5.41) is 3.69. The molecule has 106 valence electrons. The van der Waals surface area contributed by atoms with Crippen LogP contribution in [-0.4, -0.2) is 17.1 Å². The second-order valence-electron chi connectivity index (χ2n) is 4.03. The summed E-state index contributed by atoms with van der Waals surface area (Å²) in [7, 11) is 1.57. The third-order valence-corrected chi connectivity index (χ3v) is 2.96. The zero-order valence-corrected chi connectivity index (χ0v) is 12.0. The van der Waals surface area contributed by atoms with Gasteiger partial charge in [-0.2, -0.15) is 0 Å². The maximum atomic E-state index is 6.08. The maximum absolute atomic E-state index is 6.08. The van der Waals surface area contributed by atoms with Crippen molar-refractivity contribution in [3.63, 3.8) is 0 Å². The average molecular weight is 294 g/mol. The van der Waals surface area contributed by atoms with Gasteiger partial charge < -0.3 is 15.5 Å². The lowest BCUT2D eigenvalue weighted by atomic mass is 10.3. The van der Waals surface area contributed by atoms with Crippen molar-refractivity contribution in [2.45, 2.75) is 13.3 Å². The van der Waals surface area contributed by atoms with E-state index in [2.05, 4.69) is 20.7 Å². The molecule has 1 aromatic heterocycles. The predicted molar refractivity (Wildman–Crippen MR) is 80.5 cm³/mol. The van der Waals surface area contributed by atoms with Gasteiger partial charge in [0.25, 0.3) is 0 Å². The molecule has 0 saturated heterocycles. The van der Waals surface area contributed by atoms with Crippen LogP contribution in [-0.2, 0) is 6.42 Å². The van der Waals surface area contributed by atoms with E-state index in [4.69, 9.17) is 22.2 Å². The Labute approximate surface area is 122 Å². The Bertz CT molecular complexity index is 583. The Balaban J connectivity index is 2.27. The van der Waals surface area contributed by atoms with Gasteiger partial charge in [-0.05, 0) is 18.2 Å². The van der Waals surface area contributed by atoms with Crippen LogP contribution in [0.3, 0.4) is 0 Å². The summed E-state index contributed by atoms with van der Waals surface area (Å²) in [6, 6.07) is 7.13. The van der Waals surface area contributed by atoms with Crippen molar-refractivity contribution in [2.75, 3.05) is 17.9 Å². The minimum Gasteiger partial charge on any atom is -0.495 e. The number of aryl methyl sites for hydroxylation is 1. The lowest BCUT2D eigenvalue weighted by molar-refractivity contribution is 0.415. The lowest BCUT2D eigenvalue weighted by Crippen LogP contribution is -2.11. The number of aromatic nitrogens is 2. The number of benzene rings is 1. The fourth-order valence-corrected chi connectivity index (χ4v) is 1.94. The van der Waals surface area contributed by atoms with Crippen LogP contribution in [0.5, 0.6) is 5.75 Å². The molecule has 1 heterocycles. The molecule has 7 heteroatoms. The molecule has 0 amide bonds. The standard InChI is InChI=1S/C13H16ClN5O/c1-3-11-17-12(7-13(18-11)19-15)16-8-4-5-10(20-2)9(14)6-8/h4-7H,3,15H2,1-2H3,(H2,16,17,18,19). The molecule has 0 aliphatic rings. The number of nitrogens with two attached hydrogens (primary N) is 1. The summed E-state index contributed by atoms with van der Waals surface area (Å²) in [5.41, 5.74) is 3.33. The van der Waals surface area contributed by atoms with E-state index >= 15 is 0 Å². The van der Waals surface area contributed by atoms with Gasteiger partial charge in [-0.15, -0.1) is 0 Å². The highest BCUT2D eigenvalue weighted by Gasteiger charge is 2.05. The molecule has 4 N–H and O–H groups in total. The van der Waals surface area contributed by atoms with Gasteiger partial charge in [0.2, 0.25) is 0 Å². The molecule has 0 radical (unpaired) electrons. The van der Waals surface area contributed by atoms with Crippen LogP contribution in [0, 0.1) is 0 Å². The second kappa shape index (κ2) is 6.40. The number of rotatable bonds is 5. The van der Waals surface area contributed by atoms with Crippen molar-refractivity contribution in [2.24, 2.45) is 5.84 Å². The van der Waals surface area contributed by atoms with Crippen LogP contribution in [0.2, 0.25) is 5.02 Å². The molecule has 0 aliphatic carbocycles. The average Bonchev–Trinajstić information content (AvgIpc) is 2.47. The highest BCUT2D eigenvalue weighted by Crippen LogP contribution is 2.28. The summed E-state index contributed by atoms with van der Waals surface area (Å²) < 4.78 is 5.11. The molecule has 0 spiro atoms. The molecule has 2 aromatic rings. The normalized spacial score (nSPS) is 10.2. The maximum Gasteiger partial charge on any atom is 0.145 e. The van der Waals surface area contributed by atoms with Crippen molar-refractivity contribution < 1.29 is 4.74 Å². The quantitative estimate of drug-likeness (QED) is 0.580. The summed E-state index contributed by atoms with van der Waals surface area (Å²) >= 11 is 6.08. The van der Waals surface area contributed by atoms with Crippen molar-refractivity contribution >= 4 is 28.9 Å². The lowest BCUT2D eigenvalue weighted by Gasteiger charge is -2.10. The molecule has 1 aromatic carbocycles. The van der Waals surface area contributed by atoms with Crippen LogP contribution < -0.4 is 21.3 Å². The topological polar surface area (TPSA) is 85.1 Å². The molecule has 0 unspecified atom stereocenters. The molecule has 6 nitrogen and oxygen atoms in total. The summed E-state index contributed by atoms with van der Waals surface area (Å²) in [6.07, 6.45) is 0.716. The van der Waals surface area contributed by atoms with Gasteiger partial charge in [0.05, 0.1) is 12.1 Å². The number of ether oxygens (including phenoxy) is 1. The number of nitrogens with one attached hydrogen (secondary N) is 2. The first kappa shape index (κ1) is 14.4. The zero-order chi connectivity index (χ0) is 14.5.